The minimum absolute atomic E-state index is 0.229. The van der Waals surface area contributed by atoms with Gasteiger partial charge in [-0.25, -0.2) is 8.42 Å². The second kappa shape index (κ2) is 7.02. The van der Waals surface area contributed by atoms with E-state index in [1.54, 1.807) is 36.4 Å². The molecule has 1 aliphatic rings. The van der Waals surface area contributed by atoms with Gasteiger partial charge in [-0.2, -0.15) is 4.31 Å². The summed E-state index contributed by atoms with van der Waals surface area (Å²) in [5, 5.41) is 1.000. The lowest BCUT2D eigenvalue weighted by Gasteiger charge is -2.32. The predicted molar refractivity (Wildman–Crippen MR) is 95.1 cm³/mol. The molecule has 1 aliphatic heterocycles. The SMILES string of the molecule is Cc1cccc(S(=O)(=O)N2CCOC(c3cc(Cl)cc(Cl)c3)C2)c1. The number of halogens is 2. The number of hydrogen-bond donors (Lipinski definition) is 0. The number of ether oxygens (including phenoxy) is 1. The van der Waals surface area contributed by atoms with E-state index in [1.807, 2.05) is 13.0 Å². The number of rotatable bonds is 3. The van der Waals surface area contributed by atoms with Crippen LogP contribution in [0.5, 0.6) is 0 Å². The zero-order valence-corrected chi connectivity index (χ0v) is 15.4. The van der Waals surface area contributed by atoms with E-state index in [0.717, 1.165) is 11.1 Å². The van der Waals surface area contributed by atoms with Crippen molar-refractivity contribution in [1.29, 1.82) is 0 Å². The molecule has 0 bridgehead atoms. The molecule has 1 heterocycles. The average Bonchev–Trinajstić information content (AvgIpc) is 2.54. The standard InChI is InChI=1S/C17H17Cl2NO3S/c1-12-3-2-4-16(7-12)24(21,22)20-5-6-23-17(11-20)13-8-14(18)10-15(19)9-13/h2-4,7-10,17H,5-6,11H2,1H3. The van der Waals surface area contributed by atoms with Crippen LogP contribution in [-0.4, -0.2) is 32.4 Å². The number of sulfonamides is 1. The van der Waals surface area contributed by atoms with Gasteiger partial charge >= 0.3 is 0 Å². The fourth-order valence-electron chi connectivity index (χ4n) is 2.73. The summed E-state index contributed by atoms with van der Waals surface area (Å²) in [6, 6.07) is 12.0. The van der Waals surface area contributed by atoms with Crippen molar-refractivity contribution < 1.29 is 13.2 Å². The maximum atomic E-state index is 12.9. The molecule has 2 aromatic rings. The summed E-state index contributed by atoms with van der Waals surface area (Å²) in [6.45, 7) is 2.74. The van der Waals surface area contributed by atoms with Crippen LogP contribution in [0.1, 0.15) is 17.2 Å². The Labute approximate surface area is 152 Å². The quantitative estimate of drug-likeness (QED) is 0.799. The summed E-state index contributed by atoms with van der Waals surface area (Å²) in [7, 11) is -3.56. The van der Waals surface area contributed by atoms with E-state index in [9.17, 15) is 8.42 Å². The van der Waals surface area contributed by atoms with E-state index in [0.29, 0.717) is 28.1 Å². The molecule has 0 aromatic heterocycles. The van der Waals surface area contributed by atoms with Crippen molar-refractivity contribution in [3.63, 3.8) is 0 Å². The van der Waals surface area contributed by atoms with Gasteiger partial charge in [-0.3, -0.25) is 0 Å². The Balaban J connectivity index is 1.87. The number of aryl methyl sites for hydroxylation is 1. The molecule has 24 heavy (non-hydrogen) atoms. The van der Waals surface area contributed by atoms with Crippen LogP contribution >= 0.6 is 23.2 Å². The Morgan fingerprint density at radius 1 is 1.12 bits per heavy atom. The third kappa shape index (κ3) is 3.76. The number of nitrogens with zero attached hydrogens (tertiary/aromatic N) is 1. The van der Waals surface area contributed by atoms with Gasteiger partial charge in [-0.1, -0.05) is 35.3 Å². The first kappa shape index (κ1) is 17.7. The number of benzene rings is 2. The zero-order chi connectivity index (χ0) is 17.3. The van der Waals surface area contributed by atoms with Gasteiger partial charge in [0.1, 0.15) is 0 Å². The molecule has 7 heteroatoms. The molecule has 0 aliphatic carbocycles. The van der Waals surface area contributed by atoms with E-state index >= 15 is 0 Å². The Morgan fingerprint density at radius 2 is 1.83 bits per heavy atom. The zero-order valence-electron chi connectivity index (χ0n) is 13.1. The topological polar surface area (TPSA) is 46.6 Å². The highest BCUT2D eigenvalue weighted by atomic mass is 35.5. The second-order valence-corrected chi connectivity index (χ2v) is 8.55. The molecule has 0 saturated carbocycles. The van der Waals surface area contributed by atoms with Gasteiger partial charge in [0.15, 0.2) is 0 Å². The molecule has 0 radical (unpaired) electrons. The maximum Gasteiger partial charge on any atom is 0.243 e. The first-order chi connectivity index (χ1) is 11.4. The third-order valence-electron chi connectivity index (χ3n) is 3.91. The largest absolute Gasteiger partial charge is 0.371 e. The van der Waals surface area contributed by atoms with Gasteiger partial charge in [0.25, 0.3) is 0 Å². The summed E-state index contributed by atoms with van der Waals surface area (Å²) in [4.78, 5) is 0.298. The van der Waals surface area contributed by atoms with Crippen molar-refractivity contribution in [2.75, 3.05) is 19.7 Å². The molecule has 1 unspecified atom stereocenters. The van der Waals surface area contributed by atoms with Gasteiger partial charge in [-0.15, -0.1) is 0 Å². The van der Waals surface area contributed by atoms with E-state index in [1.165, 1.54) is 4.31 Å². The van der Waals surface area contributed by atoms with Crippen molar-refractivity contribution in [2.45, 2.75) is 17.9 Å². The minimum Gasteiger partial charge on any atom is -0.371 e. The van der Waals surface area contributed by atoms with Gasteiger partial charge in [0.05, 0.1) is 17.6 Å². The fraction of sp³-hybridized carbons (Fsp3) is 0.294. The van der Waals surface area contributed by atoms with E-state index in [4.69, 9.17) is 27.9 Å². The number of morpholine rings is 1. The fourth-order valence-corrected chi connectivity index (χ4v) is 4.80. The van der Waals surface area contributed by atoms with Crippen molar-refractivity contribution >= 4 is 33.2 Å². The summed E-state index contributed by atoms with van der Waals surface area (Å²) in [5.41, 5.74) is 1.68. The molecule has 0 spiro atoms. The van der Waals surface area contributed by atoms with Crippen LogP contribution in [0.25, 0.3) is 0 Å². The molecule has 0 N–H and O–H groups in total. The highest BCUT2D eigenvalue weighted by Gasteiger charge is 2.31. The van der Waals surface area contributed by atoms with Crippen LogP contribution in [0.4, 0.5) is 0 Å². The van der Waals surface area contributed by atoms with Crippen LogP contribution in [0.3, 0.4) is 0 Å². The van der Waals surface area contributed by atoms with Gasteiger partial charge in [-0.05, 0) is 48.4 Å². The minimum atomic E-state index is -3.56. The van der Waals surface area contributed by atoms with Crippen molar-refractivity contribution in [3.8, 4) is 0 Å². The average molecular weight is 386 g/mol. The summed E-state index contributed by atoms with van der Waals surface area (Å²) in [6.07, 6.45) is -0.394. The van der Waals surface area contributed by atoms with Crippen LogP contribution < -0.4 is 0 Å². The summed E-state index contributed by atoms with van der Waals surface area (Å²) >= 11 is 12.1. The molecule has 1 saturated heterocycles. The van der Waals surface area contributed by atoms with Gasteiger partial charge in [0.2, 0.25) is 10.0 Å². The van der Waals surface area contributed by atoms with Crippen molar-refractivity contribution in [1.82, 2.24) is 4.31 Å². The highest BCUT2D eigenvalue weighted by Crippen LogP contribution is 2.30. The first-order valence-electron chi connectivity index (χ1n) is 7.51. The lowest BCUT2D eigenvalue weighted by atomic mass is 10.1. The van der Waals surface area contributed by atoms with Crippen LogP contribution in [-0.2, 0) is 14.8 Å². The molecule has 1 fully saturated rings. The Kier molecular flexibility index (Phi) is 5.18. The summed E-state index contributed by atoms with van der Waals surface area (Å²) < 4.78 is 32.9. The molecule has 128 valence electrons. The van der Waals surface area contributed by atoms with E-state index in [2.05, 4.69) is 0 Å². The smallest absolute Gasteiger partial charge is 0.243 e. The predicted octanol–water partition coefficient (Wildman–Crippen LogP) is 4.06. The Hall–Kier alpha value is -1.11. The molecular weight excluding hydrogens is 369 g/mol. The van der Waals surface area contributed by atoms with Crippen molar-refractivity contribution in [2.24, 2.45) is 0 Å². The van der Waals surface area contributed by atoms with Crippen LogP contribution in [0.2, 0.25) is 10.0 Å². The molecular formula is C17H17Cl2NO3S. The highest BCUT2D eigenvalue weighted by molar-refractivity contribution is 7.89. The lowest BCUT2D eigenvalue weighted by molar-refractivity contribution is -0.00254. The van der Waals surface area contributed by atoms with Crippen LogP contribution in [0, 0.1) is 6.92 Å². The van der Waals surface area contributed by atoms with E-state index in [-0.39, 0.29) is 6.54 Å². The molecule has 3 rings (SSSR count). The molecule has 4 nitrogen and oxygen atoms in total. The monoisotopic (exact) mass is 385 g/mol. The van der Waals surface area contributed by atoms with E-state index < -0.39 is 16.1 Å². The van der Waals surface area contributed by atoms with Crippen LogP contribution in [0.15, 0.2) is 47.4 Å². The summed E-state index contributed by atoms with van der Waals surface area (Å²) in [5.74, 6) is 0. The second-order valence-electron chi connectivity index (χ2n) is 5.74. The maximum absolute atomic E-state index is 12.9. The normalized spacial score (nSPS) is 19.4. The first-order valence-corrected chi connectivity index (χ1v) is 9.70. The van der Waals surface area contributed by atoms with Gasteiger partial charge < -0.3 is 4.74 Å². The van der Waals surface area contributed by atoms with Gasteiger partial charge in [0, 0.05) is 23.1 Å². The Bertz CT molecular complexity index is 834. The number of hydrogen-bond acceptors (Lipinski definition) is 3. The third-order valence-corrected chi connectivity index (χ3v) is 6.21. The molecule has 1 atom stereocenters. The Morgan fingerprint density at radius 3 is 2.50 bits per heavy atom. The van der Waals surface area contributed by atoms with Crippen molar-refractivity contribution in [3.05, 3.63) is 63.6 Å². The molecule has 0 amide bonds. The lowest BCUT2D eigenvalue weighted by Crippen LogP contribution is -2.42. The molecule has 2 aromatic carbocycles.